The van der Waals surface area contributed by atoms with Gasteiger partial charge in [0.25, 0.3) is 5.91 Å². The van der Waals surface area contributed by atoms with Crippen LogP contribution >= 0.6 is 38.9 Å². The van der Waals surface area contributed by atoms with Crippen LogP contribution in [0.3, 0.4) is 0 Å². The van der Waals surface area contributed by atoms with Gasteiger partial charge in [-0.15, -0.1) is 11.3 Å². The Morgan fingerprint density at radius 3 is 2.74 bits per heavy atom. The van der Waals surface area contributed by atoms with Crippen LogP contribution in [0.1, 0.15) is 33.1 Å². The summed E-state index contributed by atoms with van der Waals surface area (Å²) in [4.78, 5) is 19.8. The number of fused-ring (bicyclic) bond motifs is 3. The monoisotopic (exact) mass is 516 g/mol. The third kappa shape index (κ3) is 3.41. The second-order valence-corrected chi connectivity index (χ2v) is 9.34. The Hall–Kier alpha value is -2.48. The number of benzene rings is 3. The highest BCUT2D eigenvalue weighted by Crippen LogP contribution is 2.48. The van der Waals surface area contributed by atoms with Crippen molar-refractivity contribution in [3.05, 3.63) is 91.6 Å². The number of thiazole rings is 1. The smallest absolute Gasteiger partial charge is 0.257 e. The number of amides is 1. The van der Waals surface area contributed by atoms with Crippen LogP contribution in [-0.4, -0.2) is 22.9 Å². The number of nitrogens with zero attached hydrogens (tertiary/aromatic N) is 2. The molecule has 156 valence electrons. The van der Waals surface area contributed by atoms with Gasteiger partial charge in [0.1, 0.15) is 11.6 Å². The highest BCUT2D eigenvalue weighted by atomic mass is 79.9. The minimum absolute atomic E-state index is 0.159. The molecule has 3 aromatic carbocycles. The SMILES string of the molecule is COc1ccc(CN2C(=O)c3c(c(Br)cc4scnc34)C2c2cc(F)ccc2Cl)cc1. The number of halogens is 3. The number of carbonyl (C=O) groups is 1. The van der Waals surface area contributed by atoms with Crippen molar-refractivity contribution in [3.63, 3.8) is 0 Å². The van der Waals surface area contributed by atoms with Crippen LogP contribution in [0.15, 0.2) is 58.5 Å². The fourth-order valence-corrected chi connectivity index (χ4v) is 5.76. The normalized spacial score (nSPS) is 15.5. The molecule has 0 saturated heterocycles. The average Bonchev–Trinajstić information content (AvgIpc) is 3.33. The molecule has 1 aliphatic rings. The van der Waals surface area contributed by atoms with Gasteiger partial charge < -0.3 is 9.64 Å². The van der Waals surface area contributed by atoms with E-state index in [1.54, 1.807) is 17.5 Å². The summed E-state index contributed by atoms with van der Waals surface area (Å²) in [7, 11) is 1.61. The quantitative estimate of drug-likeness (QED) is 0.306. The number of ether oxygens (including phenoxy) is 1. The number of rotatable bonds is 4. The van der Waals surface area contributed by atoms with Crippen LogP contribution in [0.2, 0.25) is 5.02 Å². The summed E-state index contributed by atoms with van der Waals surface area (Å²) in [5.41, 5.74) is 5.13. The minimum Gasteiger partial charge on any atom is -0.497 e. The molecule has 1 amide bonds. The van der Waals surface area contributed by atoms with Crippen LogP contribution in [0.5, 0.6) is 5.75 Å². The zero-order valence-electron chi connectivity index (χ0n) is 16.2. The number of methoxy groups -OCH3 is 1. The summed E-state index contributed by atoms with van der Waals surface area (Å²) in [5.74, 6) is 0.167. The van der Waals surface area contributed by atoms with E-state index in [9.17, 15) is 9.18 Å². The molecule has 4 nitrogen and oxygen atoms in total. The van der Waals surface area contributed by atoms with Gasteiger partial charge in [0.2, 0.25) is 0 Å². The fourth-order valence-electron chi connectivity index (χ4n) is 4.02. The molecule has 0 radical (unpaired) electrons. The highest BCUT2D eigenvalue weighted by Gasteiger charge is 2.42. The van der Waals surface area contributed by atoms with Gasteiger partial charge in [0.05, 0.1) is 34.4 Å². The lowest BCUT2D eigenvalue weighted by Crippen LogP contribution is -2.28. The Bertz CT molecular complexity index is 1330. The van der Waals surface area contributed by atoms with E-state index >= 15 is 0 Å². The zero-order chi connectivity index (χ0) is 21.7. The van der Waals surface area contributed by atoms with Crippen molar-refractivity contribution in [2.45, 2.75) is 12.6 Å². The van der Waals surface area contributed by atoms with Gasteiger partial charge in [-0.1, -0.05) is 39.7 Å². The predicted octanol–water partition coefficient (Wildman–Crippen LogP) is 6.61. The molecule has 0 N–H and O–H groups in total. The predicted molar refractivity (Wildman–Crippen MR) is 123 cm³/mol. The number of hydrogen-bond donors (Lipinski definition) is 0. The van der Waals surface area contributed by atoms with Crippen LogP contribution in [0, 0.1) is 5.82 Å². The molecule has 0 aliphatic carbocycles. The van der Waals surface area contributed by atoms with E-state index in [-0.39, 0.29) is 5.91 Å². The van der Waals surface area contributed by atoms with E-state index in [1.807, 2.05) is 30.3 Å². The molecule has 1 atom stereocenters. The molecule has 0 bridgehead atoms. The Morgan fingerprint density at radius 1 is 1.23 bits per heavy atom. The molecule has 0 fully saturated rings. The summed E-state index contributed by atoms with van der Waals surface area (Å²) in [6.07, 6.45) is 0. The molecule has 0 saturated carbocycles. The Balaban J connectivity index is 1.70. The van der Waals surface area contributed by atoms with Crippen molar-refractivity contribution >= 4 is 55.0 Å². The van der Waals surface area contributed by atoms with Crippen molar-refractivity contribution < 1.29 is 13.9 Å². The number of carbonyl (C=O) groups excluding carboxylic acids is 1. The lowest BCUT2D eigenvalue weighted by molar-refractivity contribution is 0.0737. The van der Waals surface area contributed by atoms with Crippen molar-refractivity contribution in [1.82, 2.24) is 9.88 Å². The van der Waals surface area contributed by atoms with E-state index in [4.69, 9.17) is 16.3 Å². The average molecular weight is 518 g/mol. The lowest BCUT2D eigenvalue weighted by Gasteiger charge is -2.27. The van der Waals surface area contributed by atoms with Crippen LogP contribution in [0.25, 0.3) is 10.2 Å². The molecule has 2 heterocycles. The highest BCUT2D eigenvalue weighted by molar-refractivity contribution is 9.10. The summed E-state index contributed by atoms with van der Waals surface area (Å²) in [6, 6.07) is 13.2. The maximum atomic E-state index is 14.2. The second-order valence-electron chi connectivity index (χ2n) is 7.20. The zero-order valence-corrected chi connectivity index (χ0v) is 19.4. The van der Waals surface area contributed by atoms with E-state index in [0.717, 1.165) is 26.0 Å². The van der Waals surface area contributed by atoms with Gasteiger partial charge in [0, 0.05) is 27.2 Å². The standard InChI is InChI=1S/C23H15BrClFN2O2S/c1-30-14-5-2-12(3-6-14)10-28-22(15-8-13(26)4-7-17(15)25)19-16(24)9-18-21(27-11-31-18)20(19)23(28)29/h2-9,11,22H,10H2,1H3. The summed E-state index contributed by atoms with van der Waals surface area (Å²) >= 11 is 11.6. The molecule has 1 aliphatic heterocycles. The minimum atomic E-state index is -0.548. The maximum Gasteiger partial charge on any atom is 0.257 e. The van der Waals surface area contributed by atoms with Gasteiger partial charge in [0.15, 0.2) is 0 Å². The molecular formula is C23H15BrClFN2O2S. The van der Waals surface area contributed by atoms with Crippen LogP contribution in [-0.2, 0) is 6.54 Å². The lowest BCUT2D eigenvalue weighted by atomic mass is 9.97. The topological polar surface area (TPSA) is 42.4 Å². The van der Waals surface area contributed by atoms with Crippen molar-refractivity contribution in [2.24, 2.45) is 0 Å². The fraction of sp³-hybridized carbons (Fsp3) is 0.130. The molecule has 0 spiro atoms. The summed E-state index contributed by atoms with van der Waals surface area (Å²) < 4.78 is 21.1. The van der Waals surface area contributed by atoms with E-state index < -0.39 is 11.9 Å². The largest absolute Gasteiger partial charge is 0.497 e. The van der Waals surface area contributed by atoms with Gasteiger partial charge >= 0.3 is 0 Å². The molecule has 31 heavy (non-hydrogen) atoms. The third-order valence-corrected chi connectivity index (χ3v) is 7.22. The van der Waals surface area contributed by atoms with Crippen molar-refractivity contribution in [2.75, 3.05) is 7.11 Å². The van der Waals surface area contributed by atoms with Gasteiger partial charge in [-0.2, -0.15) is 0 Å². The van der Waals surface area contributed by atoms with Gasteiger partial charge in [-0.05, 0) is 42.0 Å². The van der Waals surface area contributed by atoms with Crippen molar-refractivity contribution in [1.29, 1.82) is 0 Å². The third-order valence-electron chi connectivity index (χ3n) is 5.44. The van der Waals surface area contributed by atoms with E-state index in [2.05, 4.69) is 20.9 Å². The Morgan fingerprint density at radius 2 is 2.00 bits per heavy atom. The summed E-state index contributed by atoms with van der Waals surface area (Å²) in [6.45, 7) is 0.326. The van der Waals surface area contributed by atoms with Gasteiger partial charge in [-0.25, -0.2) is 9.37 Å². The molecule has 8 heteroatoms. The summed E-state index contributed by atoms with van der Waals surface area (Å²) in [5, 5.41) is 0.400. The maximum absolute atomic E-state index is 14.2. The first kappa shape index (κ1) is 20.4. The Labute approximate surface area is 195 Å². The molecule has 4 aromatic rings. The Kier molecular flexibility index (Phi) is 5.20. The molecule has 1 aromatic heterocycles. The number of hydrogen-bond acceptors (Lipinski definition) is 4. The molecule has 5 rings (SSSR count). The van der Waals surface area contributed by atoms with E-state index in [0.29, 0.717) is 28.2 Å². The van der Waals surface area contributed by atoms with Crippen LogP contribution in [0.4, 0.5) is 4.39 Å². The van der Waals surface area contributed by atoms with E-state index in [1.165, 1.54) is 29.5 Å². The first-order chi connectivity index (χ1) is 15.0. The second kappa shape index (κ2) is 7.89. The molecular weight excluding hydrogens is 503 g/mol. The van der Waals surface area contributed by atoms with Crippen molar-refractivity contribution in [3.8, 4) is 5.75 Å². The van der Waals surface area contributed by atoms with Crippen LogP contribution < -0.4 is 4.74 Å². The number of aromatic nitrogens is 1. The molecule has 1 unspecified atom stereocenters. The first-order valence-corrected chi connectivity index (χ1v) is 11.5. The van der Waals surface area contributed by atoms with Gasteiger partial charge in [-0.3, -0.25) is 4.79 Å². The first-order valence-electron chi connectivity index (χ1n) is 9.42.